The molecule has 1 aromatic carbocycles. The van der Waals surface area contributed by atoms with Crippen molar-refractivity contribution in [2.45, 2.75) is 33.8 Å². The van der Waals surface area contributed by atoms with Crippen LogP contribution in [0.25, 0.3) is 0 Å². The quantitative estimate of drug-likeness (QED) is 0.293. The molecule has 0 saturated carbocycles. The SMILES string of the molecule is CC1=C(C(=O)OCC(Cl)(Cl)Cl)N2C(=O)C(NC(=O)COc3ccccc3)[C@H]2SC1CC(C#N)C#N. The van der Waals surface area contributed by atoms with E-state index >= 15 is 0 Å². The van der Waals surface area contributed by atoms with E-state index in [1.165, 1.54) is 16.7 Å². The van der Waals surface area contributed by atoms with Gasteiger partial charge in [-0.1, -0.05) is 53.0 Å². The Kier molecular flexibility index (Phi) is 8.79. The van der Waals surface area contributed by atoms with Crippen LogP contribution in [-0.4, -0.2) is 56.4 Å². The summed E-state index contributed by atoms with van der Waals surface area (Å²) in [5.74, 6) is -2.38. The number of fused-ring (bicyclic) bond motifs is 1. The zero-order valence-corrected chi connectivity index (χ0v) is 21.3. The predicted molar refractivity (Wildman–Crippen MR) is 129 cm³/mol. The van der Waals surface area contributed by atoms with E-state index in [1.807, 2.05) is 12.1 Å². The van der Waals surface area contributed by atoms with Gasteiger partial charge in [-0.2, -0.15) is 10.5 Å². The number of β-lactam (4-membered cyclic amide) rings is 1. The first-order valence-electron chi connectivity index (χ1n) is 10.2. The maximum atomic E-state index is 12.9. The van der Waals surface area contributed by atoms with Crippen LogP contribution in [0.15, 0.2) is 41.6 Å². The van der Waals surface area contributed by atoms with Crippen molar-refractivity contribution in [2.75, 3.05) is 13.2 Å². The number of thioether (sulfide) groups is 1. The van der Waals surface area contributed by atoms with Gasteiger partial charge in [0.25, 0.3) is 11.8 Å². The maximum absolute atomic E-state index is 12.9. The molecule has 2 aliphatic heterocycles. The lowest BCUT2D eigenvalue weighted by molar-refractivity contribution is -0.153. The van der Waals surface area contributed by atoms with Crippen molar-refractivity contribution in [3.8, 4) is 17.9 Å². The van der Waals surface area contributed by atoms with E-state index in [0.29, 0.717) is 11.3 Å². The summed E-state index contributed by atoms with van der Waals surface area (Å²) in [7, 11) is 0. The highest BCUT2D eigenvalue weighted by Crippen LogP contribution is 2.46. The van der Waals surface area contributed by atoms with Gasteiger partial charge in [-0.05, 0) is 31.1 Å². The lowest BCUT2D eigenvalue weighted by atomic mass is 9.97. The number of ether oxygens (including phenoxy) is 2. The standard InChI is InChI=1S/C22H19Cl3N4O5S/c1-12-15(7-13(8-26)9-27)35-20-17(28-16(30)10-33-14-5-3-2-4-6-14)19(31)29(20)18(12)21(32)34-11-22(23,24)25/h2-6,13,15,17,20H,7,10-11H2,1H3,(H,28,30)/t15?,17?,20-/m1/s1. The molecule has 0 spiro atoms. The summed E-state index contributed by atoms with van der Waals surface area (Å²) in [6, 6.07) is 11.6. The third-order valence-electron chi connectivity index (χ3n) is 5.20. The summed E-state index contributed by atoms with van der Waals surface area (Å²) in [6.45, 7) is 0.749. The highest BCUT2D eigenvalue weighted by molar-refractivity contribution is 8.00. The molecule has 2 heterocycles. The molecule has 9 nitrogen and oxygen atoms in total. The molecular weight excluding hydrogens is 539 g/mol. The van der Waals surface area contributed by atoms with Gasteiger partial charge in [-0.15, -0.1) is 11.8 Å². The van der Waals surface area contributed by atoms with E-state index in [2.05, 4.69) is 5.32 Å². The number of nitrogens with one attached hydrogen (secondary N) is 1. The fourth-order valence-corrected chi connectivity index (χ4v) is 5.32. The second kappa shape index (κ2) is 11.4. The Balaban J connectivity index is 1.77. The molecular formula is C22H19Cl3N4O5S. The van der Waals surface area contributed by atoms with E-state index in [9.17, 15) is 24.9 Å². The number of benzene rings is 1. The molecule has 3 atom stereocenters. The first-order chi connectivity index (χ1) is 16.6. The summed E-state index contributed by atoms with van der Waals surface area (Å²) in [6.07, 6.45) is 0.112. The van der Waals surface area contributed by atoms with Crippen molar-refractivity contribution < 1.29 is 23.9 Å². The van der Waals surface area contributed by atoms with E-state index < -0.39 is 50.8 Å². The van der Waals surface area contributed by atoms with Crippen LogP contribution in [0, 0.1) is 28.6 Å². The number of para-hydroxylation sites is 1. The molecule has 3 rings (SSSR count). The van der Waals surface area contributed by atoms with Crippen LogP contribution in [0.4, 0.5) is 0 Å². The molecule has 184 valence electrons. The number of carbonyl (C=O) groups is 3. The molecule has 2 unspecified atom stereocenters. The van der Waals surface area contributed by atoms with Crippen LogP contribution in [0.5, 0.6) is 5.75 Å². The van der Waals surface area contributed by atoms with E-state index in [-0.39, 0.29) is 18.7 Å². The number of rotatable bonds is 8. The van der Waals surface area contributed by atoms with Crippen LogP contribution >= 0.6 is 46.6 Å². The first-order valence-corrected chi connectivity index (χ1v) is 12.3. The fraction of sp³-hybridized carbons (Fsp3) is 0.409. The van der Waals surface area contributed by atoms with E-state index in [0.717, 1.165) is 0 Å². The van der Waals surface area contributed by atoms with E-state index in [1.54, 1.807) is 37.3 Å². The normalized spacial score (nSPS) is 21.4. The lowest BCUT2D eigenvalue weighted by Crippen LogP contribution is -2.71. The highest BCUT2D eigenvalue weighted by atomic mass is 35.6. The highest BCUT2D eigenvalue weighted by Gasteiger charge is 2.56. The predicted octanol–water partition coefficient (Wildman–Crippen LogP) is 3.07. The van der Waals surface area contributed by atoms with Crippen molar-refractivity contribution >= 4 is 64.3 Å². The topological polar surface area (TPSA) is 133 Å². The summed E-state index contributed by atoms with van der Waals surface area (Å²) < 4.78 is 8.65. The van der Waals surface area contributed by atoms with Crippen LogP contribution in [0.1, 0.15) is 13.3 Å². The second-order valence-corrected chi connectivity index (χ2v) is 11.5. The van der Waals surface area contributed by atoms with Crippen molar-refractivity contribution in [3.05, 3.63) is 41.6 Å². The van der Waals surface area contributed by atoms with Gasteiger partial charge in [-0.3, -0.25) is 14.5 Å². The minimum Gasteiger partial charge on any atom is -0.484 e. The largest absolute Gasteiger partial charge is 0.484 e. The van der Waals surface area contributed by atoms with Gasteiger partial charge in [0.05, 0.1) is 12.1 Å². The number of hydrogen-bond acceptors (Lipinski definition) is 8. The number of alkyl halides is 3. The zero-order chi connectivity index (χ0) is 25.8. The van der Waals surface area contributed by atoms with Gasteiger partial charge in [0.1, 0.15) is 35.4 Å². The summed E-state index contributed by atoms with van der Waals surface area (Å²) >= 11 is 18.3. The smallest absolute Gasteiger partial charge is 0.355 e. The minimum atomic E-state index is -1.85. The number of amides is 2. The van der Waals surface area contributed by atoms with Gasteiger partial charge in [0.15, 0.2) is 6.61 Å². The number of carbonyl (C=O) groups excluding carboxylic acids is 3. The van der Waals surface area contributed by atoms with Gasteiger partial charge >= 0.3 is 5.97 Å². The number of nitrogens with zero attached hydrogens (tertiary/aromatic N) is 3. The average Bonchev–Trinajstić information content (AvgIpc) is 2.83. The fourth-order valence-electron chi connectivity index (χ4n) is 3.52. The molecule has 1 aromatic rings. The van der Waals surface area contributed by atoms with E-state index in [4.69, 9.17) is 44.3 Å². The van der Waals surface area contributed by atoms with Crippen LogP contribution in [0.3, 0.4) is 0 Å². The summed E-state index contributed by atoms with van der Waals surface area (Å²) in [5, 5.41) is 19.9. The van der Waals surface area contributed by atoms with Gasteiger partial charge in [-0.25, -0.2) is 4.79 Å². The van der Waals surface area contributed by atoms with Crippen LogP contribution < -0.4 is 10.1 Å². The van der Waals surface area contributed by atoms with Crippen molar-refractivity contribution in [3.63, 3.8) is 0 Å². The Morgan fingerprint density at radius 3 is 2.49 bits per heavy atom. The minimum absolute atomic E-state index is 0.0568. The third-order valence-corrected chi connectivity index (χ3v) is 7.16. The monoisotopic (exact) mass is 556 g/mol. The number of esters is 1. The Morgan fingerprint density at radius 2 is 1.89 bits per heavy atom. The molecule has 0 aromatic heterocycles. The maximum Gasteiger partial charge on any atom is 0.355 e. The van der Waals surface area contributed by atoms with Crippen LogP contribution in [-0.2, 0) is 19.1 Å². The number of nitriles is 2. The van der Waals surface area contributed by atoms with Gasteiger partial charge < -0.3 is 14.8 Å². The lowest BCUT2D eigenvalue weighted by Gasteiger charge is -2.51. The molecule has 0 aliphatic carbocycles. The number of hydrogen-bond donors (Lipinski definition) is 1. The first kappa shape index (κ1) is 27.0. The average molecular weight is 558 g/mol. The Morgan fingerprint density at radius 1 is 1.23 bits per heavy atom. The Labute approximate surface area is 220 Å². The number of halogens is 3. The third kappa shape index (κ3) is 6.53. The van der Waals surface area contributed by atoms with Crippen molar-refractivity contribution in [1.29, 1.82) is 10.5 Å². The molecule has 2 amide bonds. The molecule has 13 heteroatoms. The van der Waals surface area contributed by atoms with Gasteiger partial charge in [0.2, 0.25) is 3.79 Å². The summed E-state index contributed by atoms with van der Waals surface area (Å²) in [4.78, 5) is 39.4. The van der Waals surface area contributed by atoms with Crippen molar-refractivity contribution in [1.82, 2.24) is 10.2 Å². The Hall–Kier alpha value is -2.63. The van der Waals surface area contributed by atoms with Gasteiger partial charge in [0, 0.05) is 5.25 Å². The molecule has 2 aliphatic rings. The molecule has 1 saturated heterocycles. The molecule has 0 radical (unpaired) electrons. The molecule has 35 heavy (non-hydrogen) atoms. The Bertz CT molecular complexity index is 1100. The van der Waals surface area contributed by atoms with Crippen LogP contribution in [0.2, 0.25) is 0 Å². The zero-order valence-electron chi connectivity index (χ0n) is 18.2. The second-order valence-electron chi connectivity index (χ2n) is 7.64. The molecule has 1 fully saturated rings. The van der Waals surface area contributed by atoms with Crippen molar-refractivity contribution in [2.24, 2.45) is 5.92 Å². The molecule has 0 bridgehead atoms. The summed E-state index contributed by atoms with van der Waals surface area (Å²) in [5.41, 5.74) is 0.389. The molecule has 1 N–H and O–H groups in total.